The first-order valence-electron chi connectivity index (χ1n) is 8.80. The highest BCUT2D eigenvalue weighted by atomic mass is 16.4. The fourth-order valence-electron chi connectivity index (χ4n) is 3.19. The van der Waals surface area contributed by atoms with Crippen molar-refractivity contribution in [3.05, 3.63) is 71.5 Å². The molecule has 28 heavy (non-hydrogen) atoms. The van der Waals surface area contributed by atoms with Crippen molar-refractivity contribution in [3.63, 3.8) is 0 Å². The molecule has 2 N–H and O–H groups in total. The van der Waals surface area contributed by atoms with Gasteiger partial charge >= 0.3 is 0 Å². The maximum absolute atomic E-state index is 12.3. The molecule has 7 nitrogen and oxygen atoms in total. The Morgan fingerprint density at radius 1 is 1.07 bits per heavy atom. The van der Waals surface area contributed by atoms with Crippen molar-refractivity contribution < 1.29 is 23.9 Å². The van der Waals surface area contributed by atoms with E-state index in [2.05, 4.69) is 5.32 Å². The lowest BCUT2D eigenvalue weighted by Gasteiger charge is -2.22. The maximum atomic E-state index is 12.3. The second kappa shape index (κ2) is 6.61. The van der Waals surface area contributed by atoms with E-state index >= 15 is 0 Å². The zero-order chi connectivity index (χ0) is 19.9. The summed E-state index contributed by atoms with van der Waals surface area (Å²) in [6.45, 7) is 0.977. The Kier molecular flexibility index (Phi) is 4.24. The molecule has 3 amide bonds. The first kappa shape index (κ1) is 17.9. The summed E-state index contributed by atoms with van der Waals surface area (Å²) in [6.07, 6.45) is 0. The van der Waals surface area contributed by atoms with Crippen LogP contribution >= 0.6 is 0 Å². The fraction of sp³-hybridized carbons (Fsp3) is 0.190. The van der Waals surface area contributed by atoms with Crippen LogP contribution in [0.5, 0.6) is 0 Å². The number of hydrogen-bond acceptors (Lipinski definition) is 5. The second-order valence-corrected chi connectivity index (χ2v) is 6.94. The summed E-state index contributed by atoms with van der Waals surface area (Å²) in [5.41, 5.74) is -0.240. The molecule has 1 atom stereocenters. The first-order valence-corrected chi connectivity index (χ1v) is 8.80. The van der Waals surface area contributed by atoms with Crippen LogP contribution in [0.2, 0.25) is 0 Å². The van der Waals surface area contributed by atoms with Gasteiger partial charge in [0.2, 0.25) is 5.91 Å². The van der Waals surface area contributed by atoms with Gasteiger partial charge in [-0.25, -0.2) is 0 Å². The van der Waals surface area contributed by atoms with Gasteiger partial charge in [-0.05, 0) is 31.2 Å². The smallest absolute Gasteiger partial charge is 0.262 e. The van der Waals surface area contributed by atoms with Crippen LogP contribution < -0.4 is 5.32 Å². The molecule has 0 spiro atoms. The zero-order valence-electron chi connectivity index (χ0n) is 15.1. The number of hydrogen-bond donors (Lipinski definition) is 2. The minimum Gasteiger partial charge on any atom is -0.458 e. The highest BCUT2D eigenvalue weighted by Crippen LogP contribution is 2.27. The molecule has 1 unspecified atom stereocenters. The van der Waals surface area contributed by atoms with Crippen LogP contribution in [0, 0.1) is 0 Å². The van der Waals surface area contributed by atoms with Gasteiger partial charge in [0.05, 0.1) is 17.7 Å². The van der Waals surface area contributed by atoms with E-state index in [0.717, 1.165) is 10.3 Å². The number of nitrogens with one attached hydrogen (secondary N) is 1. The molecule has 0 saturated carbocycles. The Morgan fingerprint density at radius 2 is 1.68 bits per heavy atom. The van der Waals surface area contributed by atoms with E-state index in [0.29, 0.717) is 11.3 Å². The summed E-state index contributed by atoms with van der Waals surface area (Å²) >= 11 is 0. The number of benzene rings is 2. The number of amides is 3. The standard InChI is InChI=1S/C21H18N2O5/c1-21(27,17-10-13-6-2-5-9-16(13)28-17)12-22-18(24)11-23-19(25)14-7-3-4-8-15(14)20(23)26/h2-10,27H,11-12H2,1H3,(H,22,24). The minimum absolute atomic E-state index is 0.130. The molecule has 0 bridgehead atoms. The average molecular weight is 378 g/mol. The summed E-state index contributed by atoms with van der Waals surface area (Å²) in [6, 6.07) is 15.5. The lowest BCUT2D eigenvalue weighted by molar-refractivity contribution is -0.122. The number of nitrogens with zero attached hydrogens (tertiary/aromatic N) is 1. The Labute approximate surface area is 160 Å². The molecule has 0 saturated heterocycles. The molecule has 3 aromatic rings. The van der Waals surface area contributed by atoms with Gasteiger partial charge < -0.3 is 14.8 Å². The number of rotatable bonds is 5. The third kappa shape index (κ3) is 3.05. The van der Waals surface area contributed by atoms with E-state index in [1.165, 1.54) is 6.92 Å². The third-order valence-electron chi connectivity index (χ3n) is 4.77. The van der Waals surface area contributed by atoms with Gasteiger partial charge in [0.15, 0.2) is 0 Å². The summed E-state index contributed by atoms with van der Waals surface area (Å²) in [7, 11) is 0. The van der Waals surface area contributed by atoms with Gasteiger partial charge in [-0.15, -0.1) is 0 Å². The Bertz CT molecular complexity index is 1030. The minimum atomic E-state index is -1.45. The number of aliphatic hydroxyl groups is 1. The lowest BCUT2D eigenvalue weighted by atomic mass is 10.0. The van der Waals surface area contributed by atoms with E-state index in [1.807, 2.05) is 18.2 Å². The molecule has 2 heterocycles. The van der Waals surface area contributed by atoms with E-state index in [-0.39, 0.29) is 17.7 Å². The molecule has 4 rings (SSSR count). The fourth-order valence-corrected chi connectivity index (χ4v) is 3.19. The quantitative estimate of drug-likeness (QED) is 0.662. The highest BCUT2D eigenvalue weighted by Gasteiger charge is 2.36. The molecule has 142 valence electrons. The van der Waals surface area contributed by atoms with Gasteiger partial charge in [-0.1, -0.05) is 30.3 Å². The third-order valence-corrected chi connectivity index (χ3v) is 4.77. The molecule has 1 aromatic heterocycles. The van der Waals surface area contributed by atoms with Crippen LogP contribution in [-0.4, -0.2) is 40.8 Å². The summed E-state index contributed by atoms with van der Waals surface area (Å²) in [5.74, 6) is -1.24. The van der Waals surface area contributed by atoms with Gasteiger partial charge in [0.1, 0.15) is 23.5 Å². The Hall–Kier alpha value is -3.45. The van der Waals surface area contributed by atoms with E-state index in [4.69, 9.17) is 4.42 Å². The Balaban J connectivity index is 1.42. The predicted octanol–water partition coefficient (Wildman–Crippen LogP) is 2.05. The van der Waals surface area contributed by atoms with Crippen LogP contribution in [-0.2, 0) is 10.4 Å². The molecule has 1 aliphatic rings. The number of carbonyl (C=O) groups is 3. The van der Waals surface area contributed by atoms with Gasteiger partial charge in [0.25, 0.3) is 11.8 Å². The SMILES string of the molecule is CC(O)(CNC(=O)CN1C(=O)c2ccccc2C1=O)c1cc2ccccc2o1. The predicted molar refractivity (Wildman–Crippen MR) is 101 cm³/mol. The molecule has 0 aliphatic carbocycles. The van der Waals surface area contributed by atoms with Crippen molar-refractivity contribution >= 4 is 28.7 Å². The van der Waals surface area contributed by atoms with Crippen LogP contribution in [0.1, 0.15) is 33.4 Å². The maximum Gasteiger partial charge on any atom is 0.262 e. The largest absolute Gasteiger partial charge is 0.458 e. The van der Waals surface area contributed by atoms with Crippen molar-refractivity contribution in [2.75, 3.05) is 13.1 Å². The van der Waals surface area contributed by atoms with Crippen LogP contribution in [0.4, 0.5) is 0 Å². The Morgan fingerprint density at radius 3 is 2.32 bits per heavy atom. The van der Waals surface area contributed by atoms with Crippen molar-refractivity contribution in [1.29, 1.82) is 0 Å². The number of fused-ring (bicyclic) bond motifs is 2. The second-order valence-electron chi connectivity index (χ2n) is 6.94. The average Bonchev–Trinajstić information content (AvgIpc) is 3.23. The van der Waals surface area contributed by atoms with E-state index in [9.17, 15) is 19.5 Å². The van der Waals surface area contributed by atoms with Crippen LogP contribution in [0.15, 0.2) is 59.0 Å². The molecule has 0 radical (unpaired) electrons. The topological polar surface area (TPSA) is 99.9 Å². The molecule has 1 aliphatic heterocycles. The number of carbonyl (C=O) groups excluding carboxylic acids is 3. The lowest BCUT2D eigenvalue weighted by Crippen LogP contribution is -2.44. The van der Waals surface area contributed by atoms with Crippen LogP contribution in [0.25, 0.3) is 11.0 Å². The van der Waals surface area contributed by atoms with Gasteiger partial charge in [0, 0.05) is 5.39 Å². The van der Waals surface area contributed by atoms with Crippen molar-refractivity contribution in [3.8, 4) is 0 Å². The van der Waals surface area contributed by atoms with E-state index < -0.39 is 29.9 Å². The van der Waals surface area contributed by atoms with Gasteiger partial charge in [-0.3, -0.25) is 19.3 Å². The molecular formula is C21H18N2O5. The zero-order valence-corrected chi connectivity index (χ0v) is 15.1. The molecule has 2 aromatic carbocycles. The van der Waals surface area contributed by atoms with Crippen molar-refractivity contribution in [1.82, 2.24) is 10.2 Å². The number of imide groups is 1. The number of para-hydroxylation sites is 1. The summed E-state index contributed by atoms with van der Waals surface area (Å²) in [4.78, 5) is 37.8. The van der Waals surface area contributed by atoms with Gasteiger partial charge in [-0.2, -0.15) is 0 Å². The molecular weight excluding hydrogens is 360 g/mol. The highest BCUT2D eigenvalue weighted by molar-refractivity contribution is 6.22. The summed E-state index contributed by atoms with van der Waals surface area (Å²) in [5, 5.41) is 14.1. The number of furan rings is 1. The van der Waals surface area contributed by atoms with Crippen molar-refractivity contribution in [2.45, 2.75) is 12.5 Å². The summed E-state index contributed by atoms with van der Waals surface area (Å²) < 4.78 is 5.66. The molecule has 7 heteroatoms. The van der Waals surface area contributed by atoms with E-state index in [1.54, 1.807) is 36.4 Å². The van der Waals surface area contributed by atoms with Crippen molar-refractivity contribution in [2.24, 2.45) is 0 Å². The molecule has 0 fully saturated rings. The normalized spacial score (nSPS) is 15.6. The monoisotopic (exact) mass is 378 g/mol. The van der Waals surface area contributed by atoms with Crippen LogP contribution in [0.3, 0.4) is 0 Å². The first-order chi connectivity index (χ1) is 13.4.